The summed E-state index contributed by atoms with van der Waals surface area (Å²) in [5, 5.41) is 1.56. The van der Waals surface area contributed by atoms with E-state index in [9.17, 15) is 0 Å². The van der Waals surface area contributed by atoms with Crippen molar-refractivity contribution in [1.82, 2.24) is 19.9 Å². The highest BCUT2D eigenvalue weighted by molar-refractivity contribution is 5.93. The molecule has 1 unspecified atom stereocenters. The molecule has 0 spiro atoms. The summed E-state index contributed by atoms with van der Waals surface area (Å²) in [6.07, 6.45) is 5.76. The van der Waals surface area contributed by atoms with Crippen LogP contribution in [0, 0.1) is 5.82 Å². The highest BCUT2D eigenvalue weighted by atomic mass is 19.1. The summed E-state index contributed by atoms with van der Waals surface area (Å²) in [7, 11) is 1.59. The summed E-state index contributed by atoms with van der Waals surface area (Å²) in [5.74, 6) is 0.418. The van der Waals surface area contributed by atoms with Gasteiger partial charge < -0.3 is 25.9 Å². The lowest BCUT2D eigenvalue weighted by Gasteiger charge is -2.20. The van der Waals surface area contributed by atoms with E-state index in [-0.39, 0.29) is 5.75 Å². The minimum absolute atomic E-state index is 0.186. The highest BCUT2D eigenvalue weighted by Crippen LogP contribution is 2.39. The van der Waals surface area contributed by atoms with Gasteiger partial charge in [0.15, 0.2) is 11.6 Å². The molecule has 0 radical (unpaired) electrons. The van der Waals surface area contributed by atoms with Crippen LogP contribution in [-0.2, 0) is 6.42 Å². The van der Waals surface area contributed by atoms with E-state index < -0.39 is 11.7 Å². The molecule has 38 heavy (non-hydrogen) atoms. The van der Waals surface area contributed by atoms with Crippen molar-refractivity contribution in [2.24, 2.45) is 0 Å². The Bertz CT molecular complexity index is 1620. The third-order valence-corrected chi connectivity index (χ3v) is 6.49. The molecule has 0 aliphatic rings. The number of nitrogen functional groups attached to an aromatic ring is 2. The lowest BCUT2D eigenvalue weighted by molar-refractivity contribution is 0.319. The molecule has 0 saturated heterocycles. The average Bonchev–Trinajstić information content (AvgIpc) is 3.40. The fraction of sp³-hybridized carbons (Fsp3) is 0.207. The number of nitrogens with zero attached hydrogens (tertiary/aromatic N) is 3. The van der Waals surface area contributed by atoms with Gasteiger partial charge in [-0.3, -0.25) is 4.98 Å². The number of imidazole rings is 1. The number of nitrogens with one attached hydrogen (secondary N) is 1. The zero-order chi connectivity index (χ0) is 26.8. The van der Waals surface area contributed by atoms with Crippen LogP contribution in [-0.4, -0.2) is 33.7 Å². The lowest BCUT2D eigenvalue weighted by Crippen LogP contribution is -2.12. The maximum atomic E-state index is 16.0. The van der Waals surface area contributed by atoms with Crippen molar-refractivity contribution in [1.29, 1.82) is 0 Å². The first-order valence-corrected chi connectivity index (χ1v) is 12.4. The molecule has 1 atom stereocenters. The van der Waals surface area contributed by atoms with E-state index in [0.717, 1.165) is 16.3 Å². The number of ether oxygens (including phenoxy) is 2. The van der Waals surface area contributed by atoms with Gasteiger partial charge in [-0.05, 0) is 60.7 Å². The van der Waals surface area contributed by atoms with Gasteiger partial charge in [-0.15, -0.1) is 0 Å². The first-order valence-electron chi connectivity index (χ1n) is 12.4. The predicted octanol–water partition coefficient (Wildman–Crippen LogP) is 5.47. The zero-order valence-electron chi connectivity index (χ0n) is 21.5. The van der Waals surface area contributed by atoms with Crippen LogP contribution in [0.15, 0.2) is 61.1 Å². The Morgan fingerprint density at radius 3 is 2.63 bits per heavy atom. The molecule has 194 valence electrons. The number of pyridine rings is 2. The van der Waals surface area contributed by atoms with Crippen molar-refractivity contribution < 1.29 is 13.9 Å². The van der Waals surface area contributed by atoms with Crippen molar-refractivity contribution in [3.63, 3.8) is 0 Å². The molecule has 9 heteroatoms. The van der Waals surface area contributed by atoms with Crippen molar-refractivity contribution in [2.75, 3.05) is 25.2 Å². The van der Waals surface area contributed by atoms with Gasteiger partial charge in [0.05, 0.1) is 36.6 Å². The number of aryl methyl sites for hydroxylation is 1. The van der Waals surface area contributed by atoms with Crippen molar-refractivity contribution in [2.45, 2.75) is 26.2 Å². The standard InChI is InChI=1S/C29H29FN6O2/c1-4-16-10-20(27(30)25(11-16)38-5-2)26(22-13-17-12-18(31)6-7-19(17)28(32)35-22)29-34-15-23(36-29)21-14-33-9-8-24(21)37-3/h6-15,26H,4-5,31H2,1-3H3,(H2,32,35)(H,34,36). The van der Waals surface area contributed by atoms with Crippen LogP contribution < -0.4 is 20.9 Å². The lowest BCUT2D eigenvalue weighted by atomic mass is 9.90. The third kappa shape index (κ3) is 4.58. The first kappa shape index (κ1) is 25.0. The molecule has 5 N–H and O–H groups in total. The largest absolute Gasteiger partial charge is 0.496 e. The number of H-pyrrole nitrogens is 1. The molecule has 0 fully saturated rings. The van der Waals surface area contributed by atoms with E-state index in [0.29, 0.717) is 58.6 Å². The van der Waals surface area contributed by atoms with E-state index >= 15 is 4.39 Å². The van der Waals surface area contributed by atoms with Gasteiger partial charge in [-0.2, -0.15) is 0 Å². The molecular formula is C29H29FN6O2. The Balaban J connectivity index is 1.75. The van der Waals surface area contributed by atoms with E-state index in [2.05, 4.69) is 9.97 Å². The molecule has 5 rings (SSSR count). The minimum Gasteiger partial charge on any atom is -0.496 e. The monoisotopic (exact) mass is 512 g/mol. The maximum Gasteiger partial charge on any atom is 0.169 e. The molecule has 2 aromatic carbocycles. The summed E-state index contributed by atoms with van der Waals surface area (Å²) in [4.78, 5) is 17.0. The van der Waals surface area contributed by atoms with E-state index in [1.807, 2.05) is 38.1 Å². The Morgan fingerprint density at radius 2 is 1.87 bits per heavy atom. The Labute approximate surface area is 219 Å². The van der Waals surface area contributed by atoms with Gasteiger partial charge in [0, 0.05) is 35.2 Å². The highest BCUT2D eigenvalue weighted by Gasteiger charge is 2.28. The predicted molar refractivity (Wildman–Crippen MR) is 147 cm³/mol. The van der Waals surface area contributed by atoms with E-state index in [1.165, 1.54) is 0 Å². The van der Waals surface area contributed by atoms with Crippen LogP contribution in [0.2, 0.25) is 0 Å². The summed E-state index contributed by atoms with van der Waals surface area (Å²) in [6.45, 7) is 4.17. The van der Waals surface area contributed by atoms with Crippen LogP contribution in [0.4, 0.5) is 15.9 Å². The van der Waals surface area contributed by atoms with Crippen LogP contribution in [0.3, 0.4) is 0 Å². The normalized spacial score (nSPS) is 12.0. The number of anilines is 2. The molecule has 3 aromatic heterocycles. The SMILES string of the molecule is CCOc1cc(CC)cc(C(c2cc3cc(N)ccc3c(N)n2)c2nc(-c3cnccc3OC)c[nH]2)c1F. The number of hydrogen-bond donors (Lipinski definition) is 3. The number of rotatable bonds is 8. The van der Waals surface area contributed by atoms with Gasteiger partial charge >= 0.3 is 0 Å². The van der Waals surface area contributed by atoms with Gasteiger partial charge in [-0.25, -0.2) is 14.4 Å². The Hall–Kier alpha value is -4.66. The van der Waals surface area contributed by atoms with Gasteiger partial charge in [0.25, 0.3) is 0 Å². The quantitative estimate of drug-likeness (QED) is 0.235. The van der Waals surface area contributed by atoms with Crippen LogP contribution in [0.1, 0.15) is 42.4 Å². The third-order valence-electron chi connectivity index (χ3n) is 6.49. The van der Waals surface area contributed by atoms with Crippen LogP contribution >= 0.6 is 0 Å². The van der Waals surface area contributed by atoms with Crippen LogP contribution in [0.5, 0.6) is 11.5 Å². The number of benzene rings is 2. The number of aromatic amines is 1. The smallest absolute Gasteiger partial charge is 0.169 e. The second kappa shape index (κ2) is 10.4. The average molecular weight is 513 g/mol. The molecule has 0 bridgehead atoms. The topological polar surface area (TPSA) is 125 Å². The molecular weight excluding hydrogens is 483 g/mol. The number of halogens is 1. The summed E-state index contributed by atoms with van der Waals surface area (Å²) >= 11 is 0. The zero-order valence-corrected chi connectivity index (χ0v) is 21.5. The fourth-order valence-corrected chi connectivity index (χ4v) is 4.65. The number of methoxy groups -OCH3 is 1. The second-order valence-corrected chi connectivity index (χ2v) is 8.88. The van der Waals surface area contributed by atoms with Crippen molar-refractivity contribution in [3.8, 4) is 22.8 Å². The van der Waals surface area contributed by atoms with Crippen molar-refractivity contribution in [3.05, 3.63) is 89.5 Å². The molecule has 0 amide bonds. The van der Waals surface area contributed by atoms with Gasteiger partial charge in [0.1, 0.15) is 17.4 Å². The maximum absolute atomic E-state index is 16.0. The molecule has 0 aliphatic heterocycles. The first-order chi connectivity index (χ1) is 18.4. The van der Waals surface area contributed by atoms with Crippen LogP contribution in [0.25, 0.3) is 22.0 Å². The molecule has 3 heterocycles. The fourth-order valence-electron chi connectivity index (χ4n) is 4.65. The molecule has 5 aromatic rings. The van der Waals surface area contributed by atoms with Gasteiger partial charge in [-0.1, -0.05) is 13.0 Å². The number of fused-ring (bicyclic) bond motifs is 1. The summed E-state index contributed by atoms with van der Waals surface area (Å²) in [5.41, 5.74) is 16.2. The Kier molecular flexibility index (Phi) is 6.83. The molecule has 8 nitrogen and oxygen atoms in total. The van der Waals surface area contributed by atoms with Crippen molar-refractivity contribution >= 4 is 22.3 Å². The summed E-state index contributed by atoms with van der Waals surface area (Å²) < 4.78 is 27.2. The number of nitrogens with two attached hydrogens (primary N) is 2. The summed E-state index contributed by atoms with van der Waals surface area (Å²) in [6, 6.07) is 12.6. The Morgan fingerprint density at radius 1 is 1.03 bits per heavy atom. The molecule has 0 saturated carbocycles. The van der Waals surface area contributed by atoms with E-state index in [1.54, 1.807) is 43.9 Å². The second-order valence-electron chi connectivity index (χ2n) is 8.88. The minimum atomic E-state index is -0.717. The van der Waals surface area contributed by atoms with Gasteiger partial charge in [0.2, 0.25) is 0 Å². The number of hydrogen-bond acceptors (Lipinski definition) is 7. The molecule has 0 aliphatic carbocycles. The van der Waals surface area contributed by atoms with E-state index in [4.69, 9.17) is 30.9 Å². The number of aromatic nitrogens is 4.